The van der Waals surface area contributed by atoms with Crippen LogP contribution in [0.3, 0.4) is 0 Å². The fourth-order valence-corrected chi connectivity index (χ4v) is 2.48. The molecule has 0 saturated carbocycles. The maximum absolute atomic E-state index is 12.2. The van der Waals surface area contributed by atoms with Crippen molar-refractivity contribution in [1.82, 2.24) is 9.97 Å². The lowest BCUT2D eigenvalue weighted by Crippen LogP contribution is -2.08. The summed E-state index contributed by atoms with van der Waals surface area (Å²) >= 11 is 3.24. The van der Waals surface area contributed by atoms with Crippen LogP contribution in [0, 0.1) is 6.92 Å². The van der Waals surface area contributed by atoms with Crippen molar-refractivity contribution in [3.05, 3.63) is 28.1 Å². The zero-order valence-corrected chi connectivity index (χ0v) is 12.2. The van der Waals surface area contributed by atoms with Crippen LogP contribution in [0.2, 0.25) is 0 Å². The van der Waals surface area contributed by atoms with Gasteiger partial charge in [0.25, 0.3) is 0 Å². The SMILES string of the molecule is Cc1nc(CCCC(F)(F)F)c2c(O)cc(Br)cc2n1. The lowest BCUT2D eigenvalue weighted by Gasteiger charge is -2.10. The zero-order chi connectivity index (χ0) is 14.9. The van der Waals surface area contributed by atoms with Crippen molar-refractivity contribution in [1.29, 1.82) is 0 Å². The number of aryl methyl sites for hydroxylation is 2. The molecule has 0 aliphatic heterocycles. The molecule has 108 valence electrons. The highest BCUT2D eigenvalue weighted by molar-refractivity contribution is 9.10. The summed E-state index contributed by atoms with van der Waals surface area (Å²) in [6.07, 6.45) is -4.96. The van der Waals surface area contributed by atoms with Gasteiger partial charge in [-0.1, -0.05) is 15.9 Å². The molecule has 0 fully saturated rings. The molecule has 1 heterocycles. The van der Waals surface area contributed by atoms with Crippen LogP contribution < -0.4 is 0 Å². The Morgan fingerprint density at radius 3 is 2.60 bits per heavy atom. The Hall–Kier alpha value is -1.37. The van der Waals surface area contributed by atoms with Crippen molar-refractivity contribution in [3.63, 3.8) is 0 Å². The van der Waals surface area contributed by atoms with Crippen LogP contribution in [0.25, 0.3) is 10.9 Å². The fraction of sp³-hybridized carbons (Fsp3) is 0.385. The smallest absolute Gasteiger partial charge is 0.389 e. The molecule has 0 radical (unpaired) electrons. The molecule has 3 nitrogen and oxygen atoms in total. The second-order valence-corrected chi connectivity index (χ2v) is 5.42. The van der Waals surface area contributed by atoms with Crippen molar-refractivity contribution in [2.24, 2.45) is 0 Å². The number of nitrogens with zero attached hydrogens (tertiary/aromatic N) is 2. The average molecular weight is 349 g/mol. The molecule has 7 heteroatoms. The second kappa shape index (κ2) is 5.55. The van der Waals surface area contributed by atoms with Gasteiger partial charge in [-0.3, -0.25) is 0 Å². The molecule has 2 rings (SSSR count). The lowest BCUT2D eigenvalue weighted by molar-refractivity contribution is -0.135. The van der Waals surface area contributed by atoms with Gasteiger partial charge in [-0.2, -0.15) is 13.2 Å². The van der Waals surface area contributed by atoms with Crippen molar-refractivity contribution < 1.29 is 18.3 Å². The Labute approximate surface area is 122 Å². The quantitative estimate of drug-likeness (QED) is 0.899. The topological polar surface area (TPSA) is 46.0 Å². The highest BCUT2D eigenvalue weighted by Gasteiger charge is 2.26. The second-order valence-electron chi connectivity index (χ2n) is 4.51. The van der Waals surface area contributed by atoms with E-state index in [0.717, 1.165) is 0 Å². The molecule has 0 aliphatic rings. The van der Waals surface area contributed by atoms with E-state index in [1.807, 2.05) is 0 Å². The number of phenolic OH excluding ortho intramolecular Hbond substituents is 1. The third kappa shape index (κ3) is 3.59. The summed E-state index contributed by atoms with van der Waals surface area (Å²) in [6, 6.07) is 3.19. The first-order valence-corrected chi connectivity index (χ1v) is 6.78. The number of hydrogen-bond donors (Lipinski definition) is 1. The van der Waals surface area contributed by atoms with E-state index < -0.39 is 12.6 Å². The Bertz CT molecular complexity index is 638. The van der Waals surface area contributed by atoms with Gasteiger partial charge in [0.05, 0.1) is 16.6 Å². The molecule has 1 aromatic carbocycles. The molecule has 1 aromatic heterocycles. The van der Waals surface area contributed by atoms with Crippen molar-refractivity contribution in [3.8, 4) is 5.75 Å². The van der Waals surface area contributed by atoms with E-state index in [2.05, 4.69) is 25.9 Å². The molecule has 2 aromatic rings. The van der Waals surface area contributed by atoms with Gasteiger partial charge in [-0.15, -0.1) is 0 Å². The van der Waals surface area contributed by atoms with E-state index in [9.17, 15) is 18.3 Å². The molecule has 1 N–H and O–H groups in total. The van der Waals surface area contributed by atoms with E-state index in [0.29, 0.717) is 26.9 Å². The van der Waals surface area contributed by atoms with Crippen molar-refractivity contribution in [2.75, 3.05) is 0 Å². The summed E-state index contributed by atoms with van der Waals surface area (Å²) in [5.41, 5.74) is 0.966. The van der Waals surface area contributed by atoms with Gasteiger partial charge in [0, 0.05) is 10.9 Å². The molecular weight excluding hydrogens is 337 g/mol. The van der Waals surface area contributed by atoms with Crippen LogP contribution in [-0.4, -0.2) is 21.3 Å². The third-order valence-corrected chi connectivity index (χ3v) is 3.26. The normalized spacial score (nSPS) is 12.1. The van der Waals surface area contributed by atoms with Gasteiger partial charge in [0.2, 0.25) is 0 Å². The number of rotatable bonds is 3. The standard InChI is InChI=1S/C13H12BrF3N2O/c1-7-18-9(3-2-4-13(15,16)17)12-10(19-7)5-8(14)6-11(12)20/h5-6,20H,2-4H2,1H3. The minimum absolute atomic E-state index is 0.0311. The van der Waals surface area contributed by atoms with Crippen LogP contribution in [0.4, 0.5) is 13.2 Å². The first-order chi connectivity index (χ1) is 9.26. The molecule has 20 heavy (non-hydrogen) atoms. The van der Waals surface area contributed by atoms with Gasteiger partial charge in [-0.25, -0.2) is 9.97 Å². The predicted molar refractivity (Wildman–Crippen MR) is 72.6 cm³/mol. The molecule has 0 amide bonds. The number of alkyl halides is 3. The minimum atomic E-state index is -4.18. The molecule has 0 bridgehead atoms. The van der Waals surface area contributed by atoms with Gasteiger partial charge in [0.15, 0.2) is 0 Å². The number of hydrogen-bond acceptors (Lipinski definition) is 3. The summed E-state index contributed by atoms with van der Waals surface area (Å²) in [5, 5.41) is 10.4. The molecule has 0 atom stereocenters. The highest BCUT2D eigenvalue weighted by atomic mass is 79.9. The molecular formula is C13H12BrF3N2O. The summed E-state index contributed by atoms with van der Waals surface area (Å²) in [7, 11) is 0. The molecule has 0 aliphatic carbocycles. The van der Waals surface area contributed by atoms with Gasteiger partial charge in [0.1, 0.15) is 11.6 Å². The van der Waals surface area contributed by atoms with Crippen molar-refractivity contribution in [2.45, 2.75) is 32.4 Å². The predicted octanol–water partition coefficient (Wildman–Crippen LogP) is 4.29. The van der Waals surface area contributed by atoms with Gasteiger partial charge in [-0.05, 0) is 31.9 Å². The first-order valence-electron chi connectivity index (χ1n) is 5.99. The van der Waals surface area contributed by atoms with Crippen LogP contribution >= 0.6 is 15.9 Å². The summed E-state index contributed by atoms with van der Waals surface area (Å²) in [6.45, 7) is 1.67. The Balaban J connectivity index is 2.37. The average Bonchev–Trinajstić information content (AvgIpc) is 2.24. The van der Waals surface area contributed by atoms with E-state index in [1.54, 1.807) is 13.0 Å². The number of halogens is 4. The Morgan fingerprint density at radius 1 is 1.25 bits per heavy atom. The van der Waals surface area contributed by atoms with E-state index in [1.165, 1.54) is 6.07 Å². The molecule has 0 saturated heterocycles. The minimum Gasteiger partial charge on any atom is -0.507 e. The first kappa shape index (κ1) is 15.0. The summed E-state index contributed by atoms with van der Waals surface area (Å²) in [4.78, 5) is 8.35. The lowest BCUT2D eigenvalue weighted by atomic mass is 10.1. The third-order valence-electron chi connectivity index (χ3n) is 2.80. The zero-order valence-electron chi connectivity index (χ0n) is 10.6. The maximum atomic E-state index is 12.2. The van der Waals surface area contributed by atoms with Crippen LogP contribution in [-0.2, 0) is 6.42 Å². The Kier molecular flexibility index (Phi) is 4.17. The Morgan fingerprint density at radius 2 is 1.95 bits per heavy atom. The highest BCUT2D eigenvalue weighted by Crippen LogP contribution is 2.31. The van der Waals surface area contributed by atoms with Crippen molar-refractivity contribution >= 4 is 26.8 Å². The number of benzene rings is 1. The molecule has 0 unspecified atom stereocenters. The summed E-state index contributed by atoms with van der Waals surface area (Å²) in [5.74, 6) is 0.438. The largest absolute Gasteiger partial charge is 0.507 e. The molecule has 0 spiro atoms. The van der Waals surface area contributed by atoms with Crippen LogP contribution in [0.15, 0.2) is 16.6 Å². The van der Waals surface area contributed by atoms with Gasteiger partial charge < -0.3 is 5.11 Å². The monoisotopic (exact) mass is 348 g/mol. The number of fused-ring (bicyclic) bond motifs is 1. The maximum Gasteiger partial charge on any atom is 0.389 e. The number of aromatic nitrogens is 2. The number of aromatic hydroxyl groups is 1. The van der Waals surface area contributed by atoms with Crippen LogP contribution in [0.1, 0.15) is 24.4 Å². The van der Waals surface area contributed by atoms with E-state index in [4.69, 9.17) is 0 Å². The van der Waals surface area contributed by atoms with Gasteiger partial charge >= 0.3 is 6.18 Å². The van der Waals surface area contributed by atoms with Crippen LogP contribution in [0.5, 0.6) is 5.75 Å². The number of phenols is 1. The summed E-state index contributed by atoms with van der Waals surface area (Å²) < 4.78 is 37.2. The van der Waals surface area contributed by atoms with E-state index >= 15 is 0 Å². The fourth-order valence-electron chi connectivity index (χ4n) is 2.05. The van der Waals surface area contributed by atoms with E-state index in [-0.39, 0.29) is 18.6 Å².